The molecule has 202 valence electrons. The van der Waals surface area contributed by atoms with E-state index in [4.69, 9.17) is 8.39 Å². The lowest BCUT2D eigenvalue weighted by molar-refractivity contribution is 0.307. The first-order valence-electron chi connectivity index (χ1n) is 14.7. The van der Waals surface area contributed by atoms with Gasteiger partial charge in [0.05, 0.1) is 0 Å². The Morgan fingerprint density at radius 1 is 0.700 bits per heavy atom. The van der Waals surface area contributed by atoms with E-state index in [1.807, 2.05) is 0 Å². The van der Waals surface area contributed by atoms with Gasteiger partial charge in [0.25, 0.3) is 0 Å². The molecule has 6 aromatic rings. The topological polar surface area (TPSA) is 29.5 Å². The smallest absolute Gasteiger partial charge is 0.310 e. The van der Waals surface area contributed by atoms with Crippen LogP contribution in [0.1, 0.15) is 50.2 Å². The fraction of sp³-hybridized carbons (Fsp3) is 0.278. The van der Waals surface area contributed by atoms with Gasteiger partial charge in [-0.1, -0.05) is 104 Å². The Morgan fingerprint density at radius 2 is 1.25 bits per heavy atom. The number of hydrogen-bond acceptors (Lipinski definition) is 3. The first-order chi connectivity index (χ1) is 19.7. The second-order valence-electron chi connectivity index (χ2n) is 11.4. The summed E-state index contributed by atoms with van der Waals surface area (Å²) in [4.78, 5) is 0. The maximum absolute atomic E-state index is 7.05. The van der Waals surface area contributed by atoms with E-state index < -0.39 is 8.16 Å². The van der Waals surface area contributed by atoms with Crippen molar-refractivity contribution in [2.24, 2.45) is 5.92 Å². The molecule has 3 nitrogen and oxygen atoms in total. The molecule has 5 aromatic carbocycles. The van der Waals surface area contributed by atoms with Crippen molar-refractivity contribution in [2.45, 2.75) is 58.5 Å². The first-order valence-corrected chi connectivity index (χ1v) is 15.8. The fourth-order valence-electron chi connectivity index (χ4n) is 6.64. The quantitative estimate of drug-likeness (QED) is 0.216. The normalized spacial score (nSPS) is 15.4. The zero-order chi connectivity index (χ0) is 27.1. The molecule has 1 aliphatic rings. The molecule has 40 heavy (non-hydrogen) atoms. The van der Waals surface area contributed by atoms with Crippen LogP contribution in [0.15, 0.2) is 105 Å². The van der Waals surface area contributed by atoms with Gasteiger partial charge in [-0.05, 0) is 77.4 Å². The van der Waals surface area contributed by atoms with E-state index in [1.54, 1.807) is 0 Å². The van der Waals surface area contributed by atoms with Gasteiger partial charge in [-0.15, -0.1) is 0 Å². The summed E-state index contributed by atoms with van der Waals surface area (Å²) in [6.07, 6.45) is 6.53. The molecule has 4 heteroatoms. The van der Waals surface area contributed by atoms with Gasteiger partial charge in [0, 0.05) is 23.4 Å². The van der Waals surface area contributed by atoms with Gasteiger partial charge >= 0.3 is 8.16 Å². The summed E-state index contributed by atoms with van der Waals surface area (Å²) in [5.41, 5.74) is 4.46. The lowest BCUT2D eigenvalue weighted by Gasteiger charge is -2.34. The zero-order valence-electron chi connectivity index (χ0n) is 23.3. The summed E-state index contributed by atoms with van der Waals surface area (Å²) in [5.74, 6) is 0.642. The third kappa shape index (κ3) is 4.62. The summed E-state index contributed by atoms with van der Waals surface area (Å²) in [6.45, 7) is 5.42. The molecule has 1 heterocycles. The van der Waals surface area contributed by atoms with E-state index in [0.717, 1.165) is 28.5 Å². The molecule has 0 bridgehead atoms. The van der Waals surface area contributed by atoms with Crippen LogP contribution < -0.4 is 4.67 Å². The third-order valence-corrected chi connectivity index (χ3v) is 10.6. The molecule has 0 spiro atoms. The van der Waals surface area contributed by atoms with Crippen molar-refractivity contribution in [1.29, 1.82) is 0 Å². The highest BCUT2D eigenvalue weighted by Crippen LogP contribution is 2.44. The summed E-state index contributed by atoms with van der Waals surface area (Å²) in [5, 5.41) is 7.09. The minimum absolute atomic E-state index is 0.344. The van der Waals surface area contributed by atoms with E-state index in [0.29, 0.717) is 12.0 Å². The average Bonchev–Trinajstić information content (AvgIpc) is 3.18. The Morgan fingerprint density at radius 3 is 1.85 bits per heavy atom. The lowest BCUT2D eigenvalue weighted by atomic mass is 9.84. The van der Waals surface area contributed by atoms with Crippen molar-refractivity contribution in [3.05, 3.63) is 108 Å². The zero-order valence-corrected chi connectivity index (χ0v) is 24.2. The van der Waals surface area contributed by atoms with Crippen LogP contribution in [0, 0.1) is 12.8 Å². The van der Waals surface area contributed by atoms with Gasteiger partial charge in [0.2, 0.25) is 0 Å². The van der Waals surface area contributed by atoms with Crippen LogP contribution in [0.25, 0.3) is 43.5 Å². The molecular formula is C36H36NO2P. The van der Waals surface area contributed by atoms with Crippen LogP contribution in [0.5, 0.6) is 0 Å². The van der Waals surface area contributed by atoms with E-state index in [-0.39, 0.29) is 0 Å². The van der Waals surface area contributed by atoms with Crippen LogP contribution in [0.4, 0.5) is 0 Å². The van der Waals surface area contributed by atoms with E-state index >= 15 is 0 Å². The molecule has 0 radical (unpaired) electrons. The summed E-state index contributed by atoms with van der Waals surface area (Å²) in [7, 11) is -1.41. The Labute approximate surface area is 237 Å². The van der Waals surface area contributed by atoms with Crippen molar-refractivity contribution in [1.82, 2.24) is 0 Å². The standard InChI is InChI=1S/C36H36NO2P/c1-25-12-6-7-17-30(25)24-37(26(2)27-13-4-3-5-14-27)40-38-33-22-20-28-15-8-10-18-31(28)35(33)36-32-19-11-9-16-29(32)21-23-34(36)39-40/h6-12,15-23,26-27H,3-5,13-14,24H2,1-2H3/t26-/m1/s1. The Hall–Kier alpha value is -3.52. The number of nitrogens with zero attached hydrogens (tertiary/aromatic N) is 1. The Bertz CT molecular complexity index is 1770. The second-order valence-corrected chi connectivity index (χ2v) is 12.8. The Kier molecular flexibility index (Phi) is 6.87. The maximum Gasteiger partial charge on any atom is 0.310 e. The fourth-order valence-corrected chi connectivity index (χ4v) is 8.28. The van der Waals surface area contributed by atoms with Gasteiger partial charge in [-0.2, -0.15) is 4.67 Å². The minimum Gasteiger partial charge on any atom is -0.408 e. The molecule has 0 unspecified atom stereocenters. The van der Waals surface area contributed by atoms with Crippen molar-refractivity contribution < 1.29 is 8.39 Å². The molecule has 1 saturated carbocycles. The van der Waals surface area contributed by atoms with Crippen LogP contribution in [0.2, 0.25) is 0 Å². The number of aryl methyl sites for hydroxylation is 1. The monoisotopic (exact) mass is 545 g/mol. The molecule has 7 rings (SSSR count). The highest BCUT2D eigenvalue weighted by atomic mass is 31.1. The SMILES string of the molecule is Cc1ccccc1CN([C@H](C)C1CCCCC1)p1oc2ccc3ccccc3c2c2c(ccc3ccccc32)o1. The Balaban J connectivity index is 1.54. The largest absolute Gasteiger partial charge is 0.408 e. The van der Waals surface area contributed by atoms with Crippen LogP contribution >= 0.6 is 8.16 Å². The maximum atomic E-state index is 7.05. The minimum atomic E-state index is -1.41. The average molecular weight is 546 g/mol. The van der Waals surface area contributed by atoms with Gasteiger partial charge in [0.1, 0.15) is 11.2 Å². The van der Waals surface area contributed by atoms with Gasteiger partial charge in [0.15, 0.2) is 0 Å². The second kappa shape index (κ2) is 10.8. The molecule has 1 atom stereocenters. The van der Waals surface area contributed by atoms with Crippen molar-refractivity contribution in [2.75, 3.05) is 4.67 Å². The summed E-state index contributed by atoms with van der Waals surface area (Å²) >= 11 is 0. The molecule has 0 aliphatic heterocycles. The molecular weight excluding hydrogens is 509 g/mol. The molecule has 1 aromatic heterocycles. The molecule has 1 fully saturated rings. The highest BCUT2D eigenvalue weighted by Gasteiger charge is 2.30. The van der Waals surface area contributed by atoms with E-state index in [1.165, 1.54) is 64.8 Å². The predicted octanol–water partition coefficient (Wildman–Crippen LogP) is 11.0. The number of benzene rings is 5. The predicted molar refractivity (Wildman–Crippen MR) is 170 cm³/mol. The molecule has 0 N–H and O–H groups in total. The van der Waals surface area contributed by atoms with Crippen LogP contribution in [-0.2, 0) is 6.54 Å². The number of fused-ring (bicyclic) bond motifs is 7. The highest BCUT2D eigenvalue weighted by molar-refractivity contribution is 7.39. The molecule has 0 amide bonds. The number of hydrogen-bond donors (Lipinski definition) is 0. The summed E-state index contributed by atoms with van der Waals surface area (Å²) in [6, 6.07) is 35.0. The van der Waals surface area contributed by atoms with Gasteiger partial charge < -0.3 is 8.39 Å². The molecule has 1 aliphatic carbocycles. The lowest BCUT2D eigenvalue weighted by Crippen LogP contribution is -2.37. The van der Waals surface area contributed by atoms with Gasteiger partial charge in [-0.25, -0.2) is 0 Å². The van der Waals surface area contributed by atoms with E-state index in [2.05, 4.69) is 116 Å². The summed E-state index contributed by atoms with van der Waals surface area (Å²) < 4.78 is 16.6. The van der Waals surface area contributed by atoms with E-state index in [9.17, 15) is 0 Å². The van der Waals surface area contributed by atoms with Crippen molar-refractivity contribution >= 4 is 51.6 Å². The third-order valence-electron chi connectivity index (χ3n) is 8.99. The van der Waals surface area contributed by atoms with Crippen LogP contribution in [0.3, 0.4) is 0 Å². The van der Waals surface area contributed by atoms with Crippen LogP contribution in [-0.4, -0.2) is 6.04 Å². The first kappa shape index (κ1) is 25.4. The van der Waals surface area contributed by atoms with Gasteiger partial charge in [-0.3, -0.25) is 0 Å². The molecule has 0 saturated heterocycles. The van der Waals surface area contributed by atoms with Crippen molar-refractivity contribution in [3.8, 4) is 0 Å². The number of rotatable bonds is 5. The van der Waals surface area contributed by atoms with Crippen molar-refractivity contribution in [3.63, 3.8) is 0 Å².